The number of benzene rings is 3. The Kier molecular flexibility index (Phi) is 7.86. The highest BCUT2D eigenvalue weighted by Gasteiger charge is 2.24. The van der Waals surface area contributed by atoms with E-state index in [0.29, 0.717) is 28.7 Å². The van der Waals surface area contributed by atoms with Crippen molar-refractivity contribution in [3.05, 3.63) is 111 Å². The fourth-order valence-electron chi connectivity index (χ4n) is 4.41. The molecule has 0 unspecified atom stereocenters. The van der Waals surface area contributed by atoms with Crippen molar-refractivity contribution >= 4 is 34.2 Å². The van der Waals surface area contributed by atoms with Gasteiger partial charge in [0.15, 0.2) is 11.5 Å². The molecular formula is C30H26ClN3O2S. The van der Waals surface area contributed by atoms with E-state index in [0.717, 1.165) is 47.7 Å². The monoisotopic (exact) mass is 527 g/mol. The predicted octanol–water partition coefficient (Wildman–Crippen LogP) is 7.17. The lowest BCUT2D eigenvalue weighted by Gasteiger charge is -2.26. The molecule has 0 fully saturated rings. The zero-order valence-electron chi connectivity index (χ0n) is 20.5. The number of nitrogens with zero attached hydrogens (tertiary/aromatic N) is 3. The van der Waals surface area contributed by atoms with E-state index in [1.165, 1.54) is 10.4 Å². The summed E-state index contributed by atoms with van der Waals surface area (Å²) in [4.78, 5) is 8.36. The van der Waals surface area contributed by atoms with Gasteiger partial charge in [0.1, 0.15) is 17.7 Å². The van der Waals surface area contributed by atoms with Crippen LogP contribution in [0, 0.1) is 11.3 Å². The largest absolute Gasteiger partial charge is 0.493 e. The van der Waals surface area contributed by atoms with Gasteiger partial charge in [-0.3, -0.25) is 4.90 Å². The maximum Gasteiger partial charge on any atom is 0.161 e. The van der Waals surface area contributed by atoms with Gasteiger partial charge in [-0.05, 0) is 47.4 Å². The molecule has 0 saturated carbocycles. The lowest BCUT2D eigenvalue weighted by atomic mass is 10.0. The smallest absolute Gasteiger partial charge is 0.161 e. The molecule has 0 spiro atoms. The van der Waals surface area contributed by atoms with E-state index < -0.39 is 0 Å². The minimum absolute atomic E-state index is 0.344. The normalized spacial score (nSPS) is 13.3. The fraction of sp³-hybridized carbons (Fsp3) is 0.200. The number of rotatable bonds is 8. The second-order valence-electron chi connectivity index (χ2n) is 8.79. The number of hydrogen-bond acceptors (Lipinski definition) is 6. The van der Waals surface area contributed by atoms with Crippen molar-refractivity contribution in [2.24, 2.45) is 4.99 Å². The first-order valence-electron chi connectivity index (χ1n) is 12.0. The molecule has 0 atom stereocenters. The van der Waals surface area contributed by atoms with Crippen LogP contribution in [0.4, 0.5) is 5.00 Å². The van der Waals surface area contributed by atoms with Crippen LogP contribution in [0.2, 0.25) is 5.02 Å². The molecule has 0 aliphatic carbocycles. The number of ether oxygens (including phenoxy) is 2. The summed E-state index contributed by atoms with van der Waals surface area (Å²) in [6.07, 6.45) is 2.64. The van der Waals surface area contributed by atoms with Crippen LogP contribution in [-0.4, -0.2) is 24.8 Å². The van der Waals surface area contributed by atoms with Gasteiger partial charge in [0, 0.05) is 41.3 Å². The molecule has 0 bridgehead atoms. The van der Waals surface area contributed by atoms with Crippen molar-refractivity contribution in [2.45, 2.75) is 26.1 Å². The zero-order chi connectivity index (χ0) is 25.6. The highest BCUT2D eigenvalue weighted by molar-refractivity contribution is 7.16. The first-order chi connectivity index (χ1) is 18.1. The highest BCUT2D eigenvalue weighted by atomic mass is 35.5. The van der Waals surface area contributed by atoms with Crippen LogP contribution in [0.15, 0.2) is 77.8 Å². The van der Waals surface area contributed by atoms with Gasteiger partial charge < -0.3 is 9.47 Å². The standard InChI is InChI=1S/C30H26ClN3O2S/c1-35-28-15-22(11-12-27(28)36-20-23-9-5-6-10-26(23)31)17-33-30-25(16-32)24-13-14-34(19-29(24)37-30)18-21-7-3-2-4-8-21/h2-12,15,17H,13-14,18-20H2,1H3. The number of aliphatic imine (C=N–C) groups is 1. The Hall–Kier alpha value is -3.63. The van der Waals surface area contributed by atoms with Crippen LogP contribution in [0.5, 0.6) is 11.5 Å². The number of hydrogen-bond donors (Lipinski definition) is 0. The fourth-order valence-corrected chi connectivity index (χ4v) is 5.79. The Morgan fingerprint density at radius 2 is 1.89 bits per heavy atom. The van der Waals surface area contributed by atoms with E-state index in [9.17, 15) is 5.26 Å². The maximum atomic E-state index is 9.88. The van der Waals surface area contributed by atoms with E-state index in [1.807, 2.05) is 48.5 Å². The summed E-state index contributed by atoms with van der Waals surface area (Å²) in [5.41, 5.74) is 4.91. The summed E-state index contributed by atoms with van der Waals surface area (Å²) in [6.45, 7) is 3.02. The summed E-state index contributed by atoms with van der Waals surface area (Å²) in [6, 6.07) is 26.2. The van der Waals surface area contributed by atoms with Crippen LogP contribution in [0.1, 0.15) is 32.7 Å². The molecule has 2 heterocycles. The minimum atomic E-state index is 0.344. The Morgan fingerprint density at radius 1 is 1.08 bits per heavy atom. The van der Waals surface area contributed by atoms with Gasteiger partial charge in [-0.1, -0.05) is 60.1 Å². The van der Waals surface area contributed by atoms with Gasteiger partial charge >= 0.3 is 0 Å². The van der Waals surface area contributed by atoms with Crippen LogP contribution in [0.3, 0.4) is 0 Å². The van der Waals surface area contributed by atoms with Crippen LogP contribution < -0.4 is 9.47 Å². The SMILES string of the molecule is COc1cc(C=Nc2sc3c(c2C#N)CCN(Cc2ccccc2)C3)ccc1OCc1ccccc1Cl. The molecule has 0 saturated heterocycles. The van der Waals surface area contributed by atoms with Gasteiger partial charge in [0.05, 0.1) is 12.7 Å². The molecule has 1 aliphatic rings. The second kappa shape index (κ2) is 11.6. The van der Waals surface area contributed by atoms with Crippen molar-refractivity contribution in [3.8, 4) is 17.6 Å². The summed E-state index contributed by atoms with van der Waals surface area (Å²) in [7, 11) is 1.61. The Bertz CT molecular complexity index is 1460. The average Bonchev–Trinajstić information content (AvgIpc) is 3.29. The Morgan fingerprint density at radius 3 is 2.68 bits per heavy atom. The summed E-state index contributed by atoms with van der Waals surface area (Å²) < 4.78 is 11.5. The van der Waals surface area contributed by atoms with Gasteiger partial charge in [-0.15, -0.1) is 11.3 Å². The molecule has 37 heavy (non-hydrogen) atoms. The Labute approximate surface area is 226 Å². The molecular weight excluding hydrogens is 502 g/mol. The number of methoxy groups -OCH3 is 1. The van der Waals surface area contributed by atoms with Crippen molar-refractivity contribution < 1.29 is 9.47 Å². The molecule has 0 N–H and O–H groups in total. The van der Waals surface area contributed by atoms with Crippen molar-refractivity contribution in [3.63, 3.8) is 0 Å². The molecule has 4 aromatic rings. The topological polar surface area (TPSA) is 57.8 Å². The van der Waals surface area contributed by atoms with Gasteiger partial charge in [0.25, 0.3) is 0 Å². The van der Waals surface area contributed by atoms with Crippen LogP contribution in [0.25, 0.3) is 0 Å². The van der Waals surface area contributed by atoms with Crippen molar-refractivity contribution in [2.75, 3.05) is 13.7 Å². The third kappa shape index (κ3) is 5.86. The second-order valence-corrected chi connectivity index (χ2v) is 10.3. The first-order valence-corrected chi connectivity index (χ1v) is 13.2. The van der Waals surface area contributed by atoms with E-state index >= 15 is 0 Å². The van der Waals surface area contributed by atoms with Crippen molar-refractivity contribution in [1.82, 2.24) is 4.90 Å². The van der Waals surface area contributed by atoms with Gasteiger partial charge in [-0.2, -0.15) is 5.26 Å². The van der Waals surface area contributed by atoms with E-state index in [1.54, 1.807) is 24.7 Å². The molecule has 5 rings (SSSR count). The van der Waals surface area contributed by atoms with Crippen LogP contribution in [-0.2, 0) is 26.1 Å². The predicted molar refractivity (Wildman–Crippen MR) is 149 cm³/mol. The quantitative estimate of drug-likeness (QED) is 0.228. The molecule has 0 amide bonds. The maximum absolute atomic E-state index is 9.88. The number of thiophene rings is 1. The third-order valence-corrected chi connectivity index (χ3v) is 7.83. The molecule has 186 valence electrons. The van der Waals surface area contributed by atoms with E-state index in [-0.39, 0.29) is 0 Å². The zero-order valence-corrected chi connectivity index (χ0v) is 22.1. The molecule has 1 aliphatic heterocycles. The number of nitriles is 1. The van der Waals surface area contributed by atoms with E-state index in [4.69, 9.17) is 26.1 Å². The van der Waals surface area contributed by atoms with E-state index in [2.05, 4.69) is 35.2 Å². The molecule has 0 radical (unpaired) electrons. The minimum Gasteiger partial charge on any atom is -0.493 e. The molecule has 1 aromatic heterocycles. The number of fused-ring (bicyclic) bond motifs is 1. The molecule has 5 nitrogen and oxygen atoms in total. The number of halogens is 1. The first kappa shape index (κ1) is 25.0. The summed E-state index contributed by atoms with van der Waals surface area (Å²) in [5, 5.41) is 11.3. The van der Waals surface area contributed by atoms with Gasteiger partial charge in [-0.25, -0.2) is 4.99 Å². The summed E-state index contributed by atoms with van der Waals surface area (Å²) in [5.74, 6) is 1.24. The molecule has 3 aromatic carbocycles. The van der Waals surface area contributed by atoms with Crippen molar-refractivity contribution in [1.29, 1.82) is 5.26 Å². The van der Waals surface area contributed by atoms with Crippen LogP contribution >= 0.6 is 22.9 Å². The lowest BCUT2D eigenvalue weighted by molar-refractivity contribution is 0.249. The highest BCUT2D eigenvalue weighted by Crippen LogP contribution is 2.39. The Balaban J connectivity index is 1.30. The average molecular weight is 528 g/mol. The molecule has 7 heteroatoms. The third-order valence-electron chi connectivity index (χ3n) is 6.34. The van der Waals surface area contributed by atoms with Gasteiger partial charge in [0.2, 0.25) is 0 Å². The lowest BCUT2D eigenvalue weighted by Crippen LogP contribution is -2.29. The summed E-state index contributed by atoms with van der Waals surface area (Å²) >= 11 is 7.85.